The minimum absolute atomic E-state index is 0.0968. The Bertz CT molecular complexity index is 615. The molecule has 21 heavy (non-hydrogen) atoms. The number of para-hydroxylation sites is 2. The molecule has 0 saturated carbocycles. The van der Waals surface area contributed by atoms with Crippen LogP contribution >= 0.6 is 11.3 Å². The summed E-state index contributed by atoms with van der Waals surface area (Å²) in [6.45, 7) is 3.09. The van der Waals surface area contributed by atoms with Gasteiger partial charge in [-0.05, 0) is 12.1 Å². The van der Waals surface area contributed by atoms with Gasteiger partial charge in [0.25, 0.3) is 5.91 Å². The van der Waals surface area contributed by atoms with Gasteiger partial charge in [0, 0.05) is 24.0 Å². The lowest BCUT2D eigenvalue weighted by molar-refractivity contribution is -0.127. The maximum Gasteiger partial charge on any atom is 0.262 e. The van der Waals surface area contributed by atoms with Crippen molar-refractivity contribution in [1.82, 2.24) is 10.3 Å². The van der Waals surface area contributed by atoms with E-state index >= 15 is 0 Å². The number of fused-ring (bicyclic) bond motifs is 1. The van der Waals surface area contributed by atoms with Gasteiger partial charge in [-0.3, -0.25) is 4.79 Å². The summed E-state index contributed by atoms with van der Waals surface area (Å²) in [7, 11) is 0. The zero-order valence-electron chi connectivity index (χ0n) is 11.7. The number of thiazole rings is 1. The smallest absolute Gasteiger partial charge is 0.262 e. The molecule has 1 aliphatic rings. The Morgan fingerprint density at radius 2 is 2.43 bits per heavy atom. The molecule has 0 radical (unpaired) electrons. The predicted molar refractivity (Wildman–Crippen MR) is 82.9 cm³/mol. The third kappa shape index (κ3) is 3.16. The van der Waals surface area contributed by atoms with Crippen molar-refractivity contribution < 1.29 is 9.53 Å². The summed E-state index contributed by atoms with van der Waals surface area (Å²) in [5, 5.41) is 9.12. The summed E-state index contributed by atoms with van der Waals surface area (Å²) in [6.07, 6.45) is 1.28. The summed E-state index contributed by atoms with van der Waals surface area (Å²) in [5.41, 5.74) is 0.928. The summed E-state index contributed by atoms with van der Waals surface area (Å²) in [5.74, 6) is 0.829. The fourth-order valence-corrected chi connectivity index (χ4v) is 2.89. The molecule has 110 valence electrons. The van der Waals surface area contributed by atoms with Gasteiger partial charge >= 0.3 is 0 Å². The zero-order valence-corrected chi connectivity index (χ0v) is 12.5. The molecule has 0 spiro atoms. The van der Waals surface area contributed by atoms with Crippen LogP contribution in [0.15, 0.2) is 35.8 Å². The van der Waals surface area contributed by atoms with Crippen LogP contribution in [-0.4, -0.2) is 30.1 Å². The summed E-state index contributed by atoms with van der Waals surface area (Å²) < 4.78 is 5.73. The molecule has 5 nitrogen and oxygen atoms in total. The molecular formula is C15H17N3O2S. The molecule has 0 aliphatic carbocycles. The quantitative estimate of drug-likeness (QED) is 0.909. The Balaban J connectivity index is 1.55. The van der Waals surface area contributed by atoms with E-state index in [1.165, 1.54) is 0 Å². The van der Waals surface area contributed by atoms with Gasteiger partial charge in [0.2, 0.25) is 0 Å². The van der Waals surface area contributed by atoms with Crippen molar-refractivity contribution in [3.8, 4) is 5.75 Å². The fourth-order valence-electron chi connectivity index (χ4n) is 2.19. The number of ether oxygens (including phenoxy) is 1. The first-order valence-corrected chi connectivity index (χ1v) is 7.78. The van der Waals surface area contributed by atoms with Crippen LogP contribution in [0.2, 0.25) is 0 Å². The fraction of sp³-hybridized carbons (Fsp3) is 0.333. The molecule has 0 saturated heterocycles. The van der Waals surface area contributed by atoms with Crippen LogP contribution in [0.25, 0.3) is 0 Å². The lowest BCUT2D eigenvalue weighted by Crippen LogP contribution is -2.45. The van der Waals surface area contributed by atoms with Crippen molar-refractivity contribution in [2.75, 3.05) is 18.4 Å². The second-order valence-corrected chi connectivity index (χ2v) is 5.93. The van der Waals surface area contributed by atoms with Crippen molar-refractivity contribution in [2.45, 2.75) is 18.9 Å². The van der Waals surface area contributed by atoms with Crippen LogP contribution in [-0.2, 0) is 4.79 Å². The molecule has 1 aromatic heterocycles. The average molecular weight is 303 g/mol. The zero-order chi connectivity index (χ0) is 14.7. The molecule has 0 fully saturated rings. The number of carbonyl (C=O) groups excluding carboxylic acids is 1. The Labute approximate surface area is 127 Å². The van der Waals surface area contributed by atoms with Crippen LogP contribution in [0.3, 0.4) is 0 Å². The van der Waals surface area contributed by atoms with Gasteiger partial charge in [0.05, 0.1) is 17.2 Å². The van der Waals surface area contributed by atoms with Gasteiger partial charge in [-0.1, -0.05) is 19.1 Å². The second-order valence-electron chi connectivity index (χ2n) is 5.00. The highest BCUT2D eigenvalue weighted by atomic mass is 32.1. The maximum atomic E-state index is 12.2. The van der Waals surface area contributed by atoms with Crippen LogP contribution in [0.4, 0.5) is 5.69 Å². The molecule has 6 heteroatoms. The first-order valence-electron chi connectivity index (χ1n) is 6.90. The molecule has 1 aliphatic heterocycles. The number of anilines is 1. The number of nitrogens with zero attached hydrogens (tertiary/aromatic N) is 1. The maximum absolute atomic E-state index is 12.2. The van der Waals surface area contributed by atoms with E-state index in [4.69, 9.17) is 4.74 Å². The second kappa shape index (κ2) is 6.13. The van der Waals surface area contributed by atoms with Crippen molar-refractivity contribution in [3.63, 3.8) is 0 Å². The van der Waals surface area contributed by atoms with Crippen molar-refractivity contribution in [1.29, 1.82) is 0 Å². The topological polar surface area (TPSA) is 63.2 Å². The van der Waals surface area contributed by atoms with E-state index in [-0.39, 0.29) is 11.8 Å². The number of amides is 1. The molecule has 3 rings (SSSR count). The minimum Gasteiger partial charge on any atom is -0.477 e. The van der Waals surface area contributed by atoms with Crippen molar-refractivity contribution >= 4 is 22.9 Å². The van der Waals surface area contributed by atoms with Crippen molar-refractivity contribution in [3.05, 3.63) is 40.8 Å². The highest BCUT2D eigenvalue weighted by Crippen LogP contribution is 2.28. The third-order valence-electron chi connectivity index (χ3n) is 3.38. The molecule has 2 aromatic rings. The Kier molecular flexibility index (Phi) is 4.06. The van der Waals surface area contributed by atoms with Gasteiger partial charge in [0.15, 0.2) is 6.10 Å². The number of rotatable bonds is 4. The van der Waals surface area contributed by atoms with Gasteiger partial charge in [-0.25, -0.2) is 4.98 Å². The lowest BCUT2D eigenvalue weighted by Gasteiger charge is -2.26. The molecule has 2 atom stereocenters. The molecule has 1 amide bonds. The molecule has 2 N–H and O–H groups in total. The number of aromatic nitrogens is 1. The molecule has 2 unspecified atom stereocenters. The van der Waals surface area contributed by atoms with Gasteiger partial charge in [0.1, 0.15) is 5.75 Å². The number of hydrogen-bond acceptors (Lipinski definition) is 5. The van der Waals surface area contributed by atoms with Gasteiger partial charge in [-0.2, -0.15) is 0 Å². The molecule has 0 bridgehead atoms. The Hall–Kier alpha value is -2.08. The standard InChI is InChI=1S/C15H17N3O2S/c1-10(15-16-6-7-21-15)8-18-14(19)13-9-17-11-4-2-3-5-12(11)20-13/h2-7,10,13,17H,8-9H2,1H3,(H,18,19). The van der Waals surface area contributed by atoms with Gasteiger partial charge < -0.3 is 15.4 Å². The van der Waals surface area contributed by atoms with Crippen molar-refractivity contribution in [2.24, 2.45) is 0 Å². The van der Waals surface area contributed by atoms with Gasteiger partial charge in [-0.15, -0.1) is 11.3 Å². The minimum atomic E-state index is -0.497. The van der Waals surface area contributed by atoms with E-state index in [0.717, 1.165) is 16.4 Å². The SMILES string of the molecule is CC(CNC(=O)C1CNc2ccccc2O1)c1nccs1. The number of carbonyl (C=O) groups is 1. The Morgan fingerprint density at radius 3 is 3.24 bits per heavy atom. The third-order valence-corrected chi connectivity index (χ3v) is 4.39. The molecule has 1 aromatic carbocycles. The summed E-state index contributed by atoms with van der Waals surface area (Å²) in [6, 6.07) is 7.63. The highest BCUT2D eigenvalue weighted by molar-refractivity contribution is 7.09. The first kappa shape index (κ1) is 13.9. The number of nitrogens with one attached hydrogen (secondary N) is 2. The highest BCUT2D eigenvalue weighted by Gasteiger charge is 2.25. The van der Waals surface area contributed by atoms with Crippen LogP contribution in [0.1, 0.15) is 17.8 Å². The average Bonchev–Trinajstić information content (AvgIpc) is 3.06. The lowest BCUT2D eigenvalue weighted by atomic mass is 10.2. The summed E-state index contributed by atoms with van der Waals surface area (Å²) in [4.78, 5) is 16.4. The van der Waals surface area contributed by atoms with E-state index in [1.807, 2.05) is 36.6 Å². The molecular weight excluding hydrogens is 286 g/mol. The van der Waals surface area contributed by atoms with E-state index < -0.39 is 6.10 Å². The molecule has 2 heterocycles. The van der Waals surface area contributed by atoms with E-state index in [2.05, 4.69) is 15.6 Å². The van der Waals surface area contributed by atoms with Crippen LogP contribution in [0, 0.1) is 0 Å². The van der Waals surface area contributed by atoms with E-state index in [9.17, 15) is 4.79 Å². The number of benzene rings is 1. The first-order chi connectivity index (χ1) is 10.2. The number of hydrogen-bond donors (Lipinski definition) is 2. The predicted octanol–water partition coefficient (Wildman–Crippen LogP) is 2.24. The largest absolute Gasteiger partial charge is 0.477 e. The Morgan fingerprint density at radius 1 is 1.57 bits per heavy atom. The summed E-state index contributed by atoms with van der Waals surface area (Å²) >= 11 is 1.60. The van der Waals surface area contributed by atoms with E-state index in [0.29, 0.717) is 13.1 Å². The normalized spacial score (nSPS) is 18.0. The monoisotopic (exact) mass is 303 g/mol. The van der Waals surface area contributed by atoms with Crippen LogP contribution in [0.5, 0.6) is 5.75 Å². The van der Waals surface area contributed by atoms with E-state index in [1.54, 1.807) is 17.5 Å². The van der Waals surface area contributed by atoms with Crippen LogP contribution < -0.4 is 15.4 Å².